The number of hydrogen-bond donors (Lipinski definition) is 2. The van der Waals surface area contributed by atoms with Gasteiger partial charge in [0.1, 0.15) is 6.33 Å². The Morgan fingerprint density at radius 2 is 1.78 bits per heavy atom. The highest BCUT2D eigenvalue weighted by atomic mass is 16.5. The third-order valence-electron chi connectivity index (χ3n) is 6.78. The fourth-order valence-corrected chi connectivity index (χ4v) is 4.66. The molecular formula is C30H32N4O3. The number of nitrogens with zero attached hydrogens (tertiary/aromatic N) is 2. The van der Waals surface area contributed by atoms with E-state index in [-0.39, 0.29) is 5.91 Å². The Labute approximate surface area is 217 Å². The number of ether oxygens (including phenoxy) is 2. The van der Waals surface area contributed by atoms with E-state index in [1.54, 1.807) is 13.4 Å². The maximum absolute atomic E-state index is 12.4. The summed E-state index contributed by atoms with van der Waals surface area (Å²) in [6.45, 7) is 2.74. The molecule has 0 aliphatic carbocycles. The second-order valence-corrected chi connectivity index (χ2v) is 9.36. The molecular weight excluding hydrogens is 464 g/mol. The lowest BCUT2D eigenvalue weighted by Gasteiger charge is -2.23. The van der Waals surface area contributed by atoms with Gasteiger partial charge in [-0.25, -0.2) is 9.97 Å². The number of piperidine rings is 1. The van der Waals surface area contributed by atoms with E-state index in [1.165, 1.54) is 0 Å². The van der Waals surface area contributed by atoms with E-state index in [2.05, 4.69) is 20.6 Å². The summed E-state index contributed by atoms with van der Waals surface area (Å²) in [6, 6.07) is 21.6. The van der Waals surface area contributed by atoms with Crippen molar-refractivity contribution in [3.8, 4) is 22.8 Å². The van der Waals surface area contributed by atoms with Gasteiger partial charge in [0.25, 0.3) is 0 Å². The van der Waals surface area contributed by atoms with Crippen LogP contribution in [0.3, 0.4) is 0 Å². The van der Waals surface area contributed by atoms with Crippen LogP contribution < -0.4 is 20.1 Å². The van der Waals surface area contributed by atoms with Gasteiger partial charge in [0, 0.05) is 29.1 Å². The van der Waals surface area contributed by atoms with Crippen molar-refractivity contribution in [3.05, 3.63) is 78.6 Å². The minimum absolute atomic E-state index is 0.00848. The molecule has 1 saturated heterocycles. The fraction of sp³-hybridized carbons (Fsp3) is 0.300. The van der Waals surface area contributed by atoms with Crippen molar-refractivity contribution in [1.29, 1.82) is 0 Å². The van der Waals surface area contributed by atoms with Crippen molar-refractivity contribution >= 4 is 22.5 Å². The first-order valence-electron chi connectivity index (χ1n) is 12.8. The van der Waals surface area contributed by atoms with Crippen molar-refractivity contribution in [1.82, 2.24) is 15.3 Å². The van der Waals surface area contributed by atoms with E-state index in [9.17, 15) is 4.79 Å². The van der Waals surface area contributed by atoms with Crippen molar-refractivity contribution < 1.29 is 14.3 Å². The molecule has 2 N–H and O–H groups in total. The summed E-state index contributed by atoms with van der Waals surface area (Å²) in [5, 5.41) is 7.25. The van der Waals surface area contributed by atoms with Crippen LogP contribution in [0.1, 0.15) is 24.8 Å². The zero-order chi connectivity index (χ0) is 25.5. The Balaban J connectivity index is 1.29. The van der Waals surface area contributed by atoms with Gasteiger partial charge in [0.2, 0.25) is 5.91 Å². The number of nitrogens with one attached hydrogen (secondary N) is 2. The van der Waals surface area contributed by atoms with Crippen LogP contribution in [0.25, 0.3) is 22.2 Å². The highest BCUT2D eigenvalue weighted by Crippen LogP contribution is 2.36. The molecule has 1 aliphatic rings. The predicted molar refractivity (Wildman–Crippen MR) is 146 cm³/mol. The van der Waals surface area contributed by atoms with E-state index in [4.69, 9.17) is 9.47 Å². The summed E-state index contributed by atoms with van der Waals surface area (Å²) in [5.41, 5.74) is 4.44. The van der Waals surface area contributed by atoms with Gasteiger partial charge in [0.15, 0.2) is 11.5 Å². The minimum Gasteiger partial charge on any atom is -0.493 e. The van der Waals surface area contributed by atoms with Gasteiger partial charge < -0.3 is 20.1 Å². The maximum Gasteiger partial charge on any atom is 0.224 e. The highest BCUT2D eigenvalue weighted by Gasteiger charge is 2.17. The fourth-order valence-electron chi connectivity index (χ4n) is 4.66. The van der Waals surface area contributed by atoms with Crippen molar-refractivity contribution in [2.75, 3.05) is 32.1 Å². The average Bonchev–Trinajstić information content (AvgIpc) is 2.95. The van der Waals surface area contributed by atoms with Crippen LogP contribution in [0.2, 0.25) is 0 Å². The molecule has 1 aromatic heterocycles. The van der Waals surface area contributed by atoms with Gasteiger partial charge in [-0.2, -0.15) is 0 Å². The number of carbonyl (C=O) groups is 1. The molecule has 7 heteroatoms. The Kier molecular flexibility index (Phi) is 7.91. The first-order valence-corrected chi connectivity index (χ1v) is 12.8. The summed E-state index contributed by atoms with van der Waals surface area (Å²) < 4.78 is 11.8. The molecule has 0 spiro atoms. The maximum atomic E-state index is 12.4. The number of hydrogen-bond acceptors (Lipinski definition) is 6. The van der Waals surface area contributed by atoms with Gasteiger partial charge in [0.05, 0.1) is 24.9 Å². The molecule has 0 atom stereocenters. The van der Waals surface area contributed by atoms with Gasteiger partial charge in [-0.15, -0.1) is 0 Å². The first kappa shape index (κ1) is 24.7. The van der Waals surface area contributed by atoms with Crippen molar-refractivity contribution in [2.45, 2.75) is 25.7 Å². The Morgan fingerprint density at radius 3 is 2.54 bits per heavy atom. The Hall–Kier alpha value is -3.97. The summed E-state index contributed by atoms with van der Waals surface area (Å²) in [4.78, 5) is 21.5. The largest absolute Gasteiger partial charge is 0.493 e. The molecule has 0 saturated carbocycles. The lowest BCUT2D eigenvalue weighted by atomic mass is 9.99. The molecule has 5 rings (SSSR count). The standard InChI is InChI=1S/C30H32N4O3/c1-36-27-17-25-26(18-28(27)37-19-22-13-15-31-16-14-22)32-20-33-30(25)23-8-10-24(11-9-23)34-29(35)12-7-21-5-3-2-4-6-21/h2-6,8-11,17-18,20,22,31H,7,12-16,19H2,1H3,(H,34,35). The minimum atomic E-state index is -0.00848. The first-order chi connectivity index (χ1) is 18.2. The van der Waals surface area contributed by atoms with Crippen molar-refractivity contribution in [2.24, 2.45) is 5.92 Å². The van der Waals surface area contributed by atoms with E-state index in [0.717, 1.165) is 59.3 Å². The molecule has 4 aromatic rings. The SMILES string of the molecule is COc1cc2c(-c3ccc(NC(=O)CCc4ccccc4)cc3)ncnc2cc1OCC1CCNCC1. The molecule has 1 fully saturated rings. The lowest BCUT2D eigenvalue weighted by Crippen LogP contribution is -2.30. The third kappa shape index (κ3) is 6.24. The summed E-state index contributed by atoms with van der Waals surface area (Å²) in [7, 11) is 1.65. The lowest BCUT2D eigenvalue weighted by molar-refractivity contribution is -0.116. The molecule has 37 heavy (non-hydrogen) atoms. The van der Waals surface area contributed by atoms with Gasteiger partial charge in [-0.05, 0) is 62.0 Å². The quantitative estimate of drug-likeness (QED) is 0.329. The van der Waals surface area contributed by atoms with Crippen LogP contribution in [-0.4, -0.2) is 42.7 Å². The van der Waals surface area contributed by atoms with Gasteiger partial charge in [-0.1, -0.05) is 42.5 Å². The normalized spacial score (nSPS) is 13.9. The van der Waals surface area contributed by atoms with Crippen LogP contribution in [0.5, 0.6) is 11.5 Å². The van der Waals surface area contributed by atoms with Crippen LogP contribution in [0, 0.1) is 5.92 Å². The molecule has 1 aliphatic heterocycles. The van der Waals surface area contributed by atoms with E-state index in [0.29, 0.717) is 36.9 Å². The van der Waals surface area contributed by atoms with E-state index in [1.807, 2.05) is 66.7 Å². The summed E-state index contributed by atoms with van der Waals surface area (Å²) >= 11 is 0. The van der Waals surface area contributed by atoms with Crippen LogP contribution in [0.15, 0.2) is 73.1 Å². The van der Waals surface area contributed by atoms with Crippen LogP contribution in [-0.2, 0) is 11.2 Å². The number of anilines is 1. The second kappa shape index (κ2) is 11.8. The number of fused-ring (bicyclic) bond motifs is 1. The Bertz CT molecular complexity index is 1340. The molecule has 2 heterocycles. The monoisotopic (exact) mass is 496 g/mol. The van der Waals surface area contributed by atoms with Crippen LogP contribution in [0.4, 0.5) is 5.69 Å². The molecule has 190 valence electrons. The number of aromatic nitrogens is 2. The smallest absolute Gasteiger partial charge is 0.224 e. The Morgan fingerprint density at radius 1 is 1.00 bits per heavy atom. The topological polar surface area (TPSA) is 85.4 Å². The molecule has 0 bridgehead atoms. The van der Waals surface area contributed by atoms with Gasteiger partial charge in [-0.3, -0.25) is 4.79 Å². The van der Waals surface area contributed by atoms with E-state index >= 15 is 0 Å². The number of methoxy groups -OCH3 is 1. The number of amides is 1. The van der Waals surface area contributed by atoms with Crippen LogP contribution >= 0.6 is 0 Å². The summed E-state index contributed by atoms with van der Waals surface area (Å²) in [6.07, 6.45) is 4.95. The number of rotatable bonds is 9. The average molecular weight is 497 g/mol. The molecule has 0 unspecified atom stereocenters. The van der Waals surface area contributed by atoms with Gasteiger partial charge >= 0.3 is 0 Å². The summed E-state index contributed by atoms with van der Waals surface area (Å²) in [5.74, 6) is 1.90. The van der Waals surface area contributed by atoms with Crippen molar-refractivity contribution in [3.63, 3.8) is 0 Å². The predicted octanol–water partition coefficient (Wildman–Crippen LogP) is 5.26. The third-order valence-corrected chi connectivity index (χ3v) is 6.78. The number of carbonyl (C=O) groups excluding carboxylic acids is 1. The molecule has 1 amide bonds. The zero-order valence-corrected chi connectivity index (χ0v) is 21.1. The highest BCUT2D eigenvalue weighted by molar-refractivity contribution is 5.95. The molecule has 7 nitrogen and oxygen atoms in total. The molecule has 3 aromatic carbocycles. The molecule has 0 radical (unpaired) electrons. The van der Waals surface area contributed by atoms with E-state index < -0.39 is 0 Å². The second-order valence-electron chi connectivity index (χ2n) is 9.36. The zero-order valence-electron chi connectivity index (χ0n) is 21.1. The number of aryl methyl sites for hydroxylation is 1. The number of benzene rings is 3.